The van der Waals surface area contributed by atoms with Crippen LogP contribution in [0, 0.1) is 11.7 Å². The summed E-state index contributed by atoms with van der Waals surface area (Å²) in [5.74, 6) is -1.60. The first-order valence-electron chi connectivity index (χ1n) is 9.41. The molecule has 3 N–H and O–H groups in total. The molecule has 0 aliphatic rings. The second kappa shape index (κ2) is 11.2. The van der Waals surface area contributed by atoms with Crippen LogP contribution in [0.5, 0.6) is 5.75 Å². The van der Waals surface area contributed by atoms with Crippen LogP contribution in [-0.2, 0) is 4.79 Å². The number of hydrazine groups is 1. The summed E-state index contributed by atoms with van der Waals surface area (Å²) in [6, 6.07) is 2.17. The van der Waals surface area contributed by atoms with Crippen LogP contribution in [0.2, 0.25) is 10.0 Å². The van der Waals surface area contributed by atoms with Gasteiger partial charge in [-0.25, -0.2) is 23.4 Å². The molecular weight excluding hydrogens is 472 g/mol. The third-order valence-electron chi connectivity index (χ3n) is 4.12. The van der Waals surface area contributed by atoms with Crippen molar-refractivity contribution in [3.05, 3.63) is 46.0 Å². The van der Waals surface area contributed by atoms with Gasteiger partial charge >= 0.3 is 6.03 Å². The van der Waals surface area contributed by atoms with Gasteiger partial charge < -0.3 is 10.1 Å². The van der Waals surface area contributed by atoms with E-state index in [0.29, 0.717) is 0 Å². The van der Waals surface area contributed by atoms with Crippen molar-refractivity contribution in [2.45, 2.75) is 33.2 Å². The molecule has 0 spiro atoms. The number of halogens is 5. The Hall–Kier alpha value is -2.72. The highest BCUT2D eigenvalue weighted by molar-refractivity contribution is 6.36. The Morgan fingerprint density at radius 2 is 1.81 bits per heavy atom. The first-order valence-corrected chi connectivity index (χ1v) is 10.2. The number of hydrogen-bond donors (Lipinski definition) is 3. The fourth-order valence-electron chi connectivity index (χ4n) is 2.55. The van der Waals surface area contributed by atoms with Gasteiger partial charge in [0.25, 0.3) is 6.43 Å². The van der Waals surface area contributed by atoms with Gasteiger partial charge in [-0.2, -0.15) is 0 Å². The predicted octanol–water partition coefficient (Wildman–Crippen LogP) is 4.89. The molecule has 12 heteroatoms. The summed E-state index contributed by atoms with van der Waals surface area (Å²) in [4.78, 5) is 27.4. The van der Waals surface area contributed by atoms with Crippen LogP contribution in [0.3, 0.4) is 0 Å². The molecular formula is C20H21Cl2F3N4O3. The number of pyridine rings is 1. The van der Waals surface area contributed by atoms with Crippen molar-refractivity contribution in [3.8, 4) is 16.9 Å². The number of urea groups is 1. The lowest BCUT2D eigenvalue weighted by atomic mass is 10.0. The molecule has 1 aromatic heterocycles. The van der Waals surface area contributed by atoms with Crippen molar-refractivity contribution in [2.24, 2.45) is 5.92 Å². The molecule has 1 aromatic carbocycles. The average Bonchev–Trinajstić information content (AvgIpc) is 2.70. The molecule has 0 aliphatic carbocycles. The van der Waals surface area contributed by atoms with E-state index in [0.717, 1.165) is 6.07 Å². The highest BCUT2D eigenvalue weighted by Gasteiger charge is 2.20. The summed E-state index contributed by atoms with van der Waals surface area (Å²) in [5, 5.41) is 2.60. The number of nitrogens with one attached hydrogen (secondary N) is 3. The Labute approximate surface area is 192 Å². The molecule has 0 aliphatic heterocycles. The van der Waals surface area contributed by atoms with Gasteiger partial charge in [-0.3, -0.25) is 15.2 Å². The van der Waals surface area contributed by atoms with Crippen LogP contribution < -0.4 is 20.9 Å². The predicted molar refractivity (Wildman–Crippen MR) is 114 cm³/mol. The fraction of sp³-hybridized carbons (Fsp3) is 0.350. The smallest absolute Gasteiger partial charge is 0.334 e. The first kappa shape index (κ1) is 25.5. The van der Waals surface area contributed by atoms with E-state index in [-0.39, 0.29) is 38.5 Å². The van der Waals surface area contributed by atoms with E-state index in [2.05, 4.69) is 21.2 Å². The van der Waals surface area contributed by atoms with E-state index in [1.807, 2.05) is 0 Å². The average molecular weight is 493 g/mol. The largest absolute Gasteiger partial charge is 0.485 e. The number of benzene rings is 1. The van der Waals surface area contributed by atoms with Gasteiger partial charge in [0.05, 0.1) is 16.8 Å². The molecule has 0 bridgehead atoms. The molecule has 0 unspecified atom stereocenters. The van der Waals surface area contributed by atoms with E-state index in [1.54, 1.807) is 13.8 Å². The van der Waals surface area contributed by atoms with Crippen molar-refractivity contribution in [1.29, 1.82) is 0 Å². The summed E-state index contributed by atoms with van der Waals surface area (Å²) in [6.45, 7) is 3.87. The number of rotatable bonds is 7. The minimum absolute atomic E-state index is 0.0206. The van der Waals surface area contributed by atoms with E-state index in [1.165, 1.54) is 25.3 Å². The maximum absolute atomic E-state index is 14.8. The van der Waals surface area contributed by atoms with Crippen molar-refractivity contribution < 1.29 is 27.5 Å². The Morgan fingerprint density at radius 3 is 2.41 bits per heavy atom. The lowest BCUT2D eigenvalue weighted by molar-refractivity contribution is -0.124. The Morgan fingerprint density at radius 1 is 1.12 bits per heavy atom. The molecule has 32 heavy (non-hydrogen) atoms. The monoisotopic (exact) mass is 492 g/mol. The van der Waals surface area contributed by atoms with Gasteiger partial charge in [-0.1, -0.05) is 37.0 Å². The number of hydrogen-bond acceptors (Lipinski definition) is 4. The Balaban J connectivity index is 2.21. The highest BCUT2D eigenvalue weighted by Crippen LogP contribution is 2.39. The second-order valence-corrected chi connectivity index (χ2v) is 7.87. The lowest BCUT2D eigenvalue weighted by Gasteiger charge is -2.17. The van der Waals surface area contributed by atoms with Gasteiger partial charge in [0.2, 0.25) is 5.91 Å². The van der Waals surface area contributed by atoms with Crippen molar-refractivity contribution in [2.75, 3.05) is 6.61 Å². The minimum atomic E-state index is -2.74. The SMILES string of the molecule is CC(C)C(=O)NNC(=O)N[C@H](C)c1ncc(-c2cc(Cl)cc(Cl)c2OCC(F)F)cc1F. The van der Waals surface area contributed by atoms with Crippen LogP contribution >= 0.6 is 23.2 Å². The molecule has 7 nitrogen and oxygen atoms in total. The normalized spacial score (nSPS) is 11.9. The molecule has 0 radical (unpaired) electrons. The van der Waals surface area contributed by atoms with E-state index in [9.17, 15) is 22.8 Å². The minimum Gasteiger partial charge on any atom is -0.485 e. The van der Waals surface area contributed by atoms with Gasteiger partial charge in [-0.15, -0.1) is 0 Å². The molecule has 2 rings (SSSR count). The van der Waals surface area contributed by atoms with Crippen LogP contribution in [0.25, 0.3) is 11.1 Å². The number of amides is 3. The van der Waals surface area contributed by atoms with Crippen LogP contribution in [0.1, 0.15) is 32.5 Å². The van der Waals surface area contributed by atoms with E-state index in [4.69, 9.17) is 27.9 Å². The summed E-state index contributed by atoms with van der Waals surface area (Å²) >= 11 is 12.1. The summed E-state index contributed by atoms with van der Waals surface area (Å²) < 4.78 is 45.0. The molecule has 1 heterocycles. The molecule has 0 saturated heterocycles. The maximum Gasteiger partial charge on any atom is 0.334 e. The summed E-state index contributed by atoms with van der Waals surface area (Å²) in [7, 11) is 0. The zero-order valence-corrected chi connectivity index (χ0v) is 18.8. The van der Waals surface area contributed by atoms with E-state index < -0.39 is 36.8 Å². The topological polar surface area (TPSA) is 92.4 Å². The molecule has 3 amide bonds. The van der Waals surface area contributed by atoms with Crippen molar-refractivity contribution >= 4 is 35.1 Å². The molecule has 2 aromatic rings. The third-order valence-corrected chi connectivity index (χ3v) is 4.62. The number of carbonyl (C=O) groups excluding carboxylic acids is 2. The Bertz CT molecular complexity index is 993. The summed E-state index contributed by atoms with van der Waals surface area (Å²) in [5.41, 5.74) is 4.63. The molecule has 0 saturated carbocycles. The second-order valence-electron chi connectivity index (χ2n) is 7.02. The van der Waals surface area contributed by atoms with Gasteiger partial charge in [-0.05, 0) is 25.1 Å². The zero-order chi connectivity index (χ0) is 24.0. The first-order chi connectivity index (χ1) is 15.0. The zero-order valence-electron chi connectivity index (χ0n) is 17.3. The van der Waals surface area contributed by atoms with Crippen LogP contribution in [0.4, 0.5) is 18.0 Å². The van der Waals surface area contributed by atoms with Gasteiger partial charge in [0.1, 0.15) is 18.2 Å². The van der Waals surface area contributed by atoms with Crippen molar-refractivity contribution in [1.82, 2.24) is 21.2 Å². The van der Waals surface area contributed by atoms with E-state index >= 15 is 0 Å². The van der Waals surface area contributed by atoms with Crippen LogP contribution in [-0.4, -0.2) is 30.0 Å². The molecule has 1 atom stereocenters. The summed E-state index contributed by atoms with van der Waals surface area (Å²) in [6.07, 6.45) is -1.47. The maximum atomic E-state index is 14.8. The number of carbonyl (C=O) groups is 2. The Kier molecular flexibility index (Phi) is 8.97. The number of nitrogens with zero attached hydrogens (tertiary/aromatic N) is 1. The standard InChI is InChI=1S/C20H21Cl2F3N4O3/c1-9(2)19(30)28-29-20(31)27-10(3)17-15(23)4-11(7-26-17)13-5-12(21)6-14(22)18(13)32-8-16(24)25/h4-7,9-10,16H,8H2,1-3H3,(H,28,30)(H2,27,29,31)/t10-/m1/s1. The fourth-order valence-corrected chi connectivity index (χ4v) is 3.09. The van der Waals surface area contributed by atoms with Gasteiger partial charge in [0.15, 0.2) is 0 Å². The van der Waals surface area contributed by atoms with Crippen LogP contribution in [0.15, 0.2) is 24.4 Å². The third kappa shape index (κ3) is 6.89. The van der Waals surface area contributed by atoms with Crippen molar-refractivity contribution in [3.63, 3.8) is 0 Å². The lowest BCUT2D eigenvalue weighted by Crippen LogP contribution is -2.48. The highest BCUT2D eigenvalue weighted by atomic mass is 35.5. The number of ether oxygens (including phenoxy) is 1. The number of alkyl halides is 2. The number of aromatic nitrogens is 1. The molecule has 174 valence electrons. The van der Waals surface area contributed by atoms with Gasteiger partial charge in [0, 0.05) is 28.3 Å². The molecule has 0 fully saturated rings. The quantitative estimate of drug-likeness (QED) is 0.480.